The fraction of sp³-hybridized carbons (Fsp3) is 0.600. The third kappa shape index (κ3) is 3.08. The van der Waals surface area contributed by atoms with Crippen molar-refractivity contribution in [3.05, 3.63) is 14.7 Å². The second-order valence-electron chi connectivity index (χ2n) is 4.22. The molecular formula is C10H16BrClN2O2S2. The molecule has 104 valence electrons. The Bertz CT molecular complexity index is 518. The number of nitrogens with two attached hydrogens (primary N) is 1. The molecule has 0 bridgehead atoms. The Labute approximate surface area is 126 Å². The van der Waals surface area contributed by atoms with Crippen molar-refractivity contribution in [1.29, 1.82) is 0 Å². The Morgan fingerprint density at radius 3 is 2.72 bits per heavy atom. The van der Waals surface area contributed by atoms with E-state index >= 15 is 0 Å². The minimum atomic E-state index is -3.33. The standard InChI is InChI=1S/C10H15BrN2O2S2.ClH/c1-7-9(4-10(11)16-7)17(14,15)13-3-2-8(5-12)6-13;/h4,8H,2-3,5-6,12H2,1H3;1H. The van der Waals surface area contributed by atoms with Gasteiger partial charge in [-0.3, -0.25) is 0 Å². The highest BCUT2D eigenvalue weighted by Gasteiger charge is 2.33. The van der Waals surface area contributed by atoms with Crippen molar-refractivity contribution in [3.63, 3.8) is 0 Å². The van der Waals surface area contributed by atoms with Crippen molar-refractivity contribution in [3.8, 4) is 0 Å². The van der Waals surface area contributed by atoms with Gasteiger partial charge in [0, 0.05) is 18.0 Å². The molecule has 18 heavy (non-hydrogen) atoms. The van der Waals surface area contributed by atoms with Gasteiger partial charge >= 0.3 is 0 Å². The van der Waals surface area contributed by atoms with Crippen LogP contribution in [-0.4, -0.2) is 32.4 Å². The van der Waals surface area contributed by atoms with E-state index in [9.17, 15) is 8.42 Å². The second-order valence-corrected chi connectivity index (χ2v) is 8.77. The third-order valence-electron chi connectivity index (χ3n) is 3.04. The number of rotatable bonds is 3. The van der Waals surface area contributed by atoms with Crippen LogP contribution in [0.5, 0.6) is 0 Å². The van der Waals surface area contributed by atoms with Gasteiger partial charge in [0.25, 0.3) is 0 Å². The fourth-order valence-corrected chi connectivity index (χ4v) is 5.95. The van der Waals surface area contributed by atoms with Gasteiger partial charge in [-0.1, -0.05) is 0 Å². The quantitative estimate of drug-likeness (QED) is 0.881. The van der Waals surface area contributed by atoms with E-state index < -0.39 is 10.0 Å². The Morgan fingerprint density at radius 1 is 1.61 bits per heavy atom. The summed E-state index contributed by atoms with van der Waals surface area (Å²) in [5.41, 5.74) is 5.59. The minimum Gasteiger partial charge on any atom is -0.330 e. The average Bonchev–Trinajstić information content (AvgIpc) is 2.85. The molecule has 1 saturated heterocycles. The molecule has 1 atom stereocenters. The van der Waals surface area contributed by atoms with E-state index in [4.69, 9.17) is 5.73 Å². The van der Waals surface area contributed by atoms with E-state index in [-0.39, 0.29) is 12.4 Å². The van der Waals surface area contributed by atoms with Crippen LogP contribution in [0.2, 0.25) is 0 Å². The molecule has 0 radical (unpaired) electrons. The second kappa shape index (κ2) is 6.19. The van der Waals surface area contributed by atoms with E-state index in [1.54, 1.807) is 10.4 Å². The molecule has 2 N–H and O–H groups in total. The molecule has 8 heteroatoms. The molecule has 1 fully saturated rings. The smallest absolute Gasteiger partial charge is 0.244 e. The van der Waals surface area contributed by atoms with Gasteiger partial charge in [0.1, 0.15) is 0 Å². The van der Waals surface area contributed by atoms with E-state index in [1.807, 2.05) is 6.92 Å². The molecule has 0 spiro atoms. The summed E-state index contributed by atoms with van der Waals surface area (Å²) in [6, 6.07) is 1.69. The lowest BCUT2D eigenvalue weighted by molar-refractivity contribution is 0.459. The maximum atomic E-state index is 12.4. The van der Waals surface area contributed by atoms with Crippen LogP contribution in [0.15, 0.2) is 14.7 Å². The molecule has 1 aromatic heterocycles. The molecule has 1 unspecified atom stereocenters. The van der Waals surface area contributed by atoms with Crippen LogP contribution < -0.4 is 5.73 Å². The first-order valence-electron chi connectivity index (χ1n) is 5.41. The van der Waals surface area contributed by atoms with Gasteiger partial charge in [-0.15, -0.1) is 23.7 Å². The number of aryl methyl sites for hydroxylation is 1. The molecule has 0 aromatic carbocycles. The number of nitrogens with zero attached hydrogens (tertiary/aromatic N) is 1. The molecule has 0 aliphatic carbocycles. The zero-order valence-corrected chi connectivity index (χ0v) is 14.0. The first kappa shape index (κ1) is 16.4. The van der Waals surface area contributed by atoms with Crippen molar-refractivity contribution in [2.45, 2.75) is 18.2 Å². The summed E-state index contributed by atoms with van der Waals surface area (Å²) >= 11 is 4.77. The highest BCUT2D eigenvalue weighted by atomic mass is 79.9. The summed E-state index contributed by atoms with van der Waals surface area (Å²) in [5.74, 6) is 0.298. The monoisotopic (exact) mass is 374 g/mol. The van der Waals surface area contributed by atoms with Crippen molar-refractivity contribution in [2.24, 2.45) is 11.7 Å². The summed E-state index contributed by atoms with van der Waals surface area (Å²) < 4.78 is 27.2. The van der Waals surface area contributed by atoms with Gasteiger partial charge < -0.3 is 5.73 Å². The number of sulfonamides is 1. The van der Waals surface area contributed by atoms with Gasteiger partial charge in [-0.05, 0) is 47.8 Å². The first-order chi connectivity index (χ1) is 7.95. The molecule has 2 rings (SSSR count). The number of thiophene rings is 1. The maximum Gasteiger partial charge on any atom is 0.244 e. The van der Waals surface area contributed by atoms with Crippen molar-refractivity contribution < 1.29 is 8.42 Å². The molecular weight excluding hydrogens is 360 g/mol. The molecule has 1 aromatic rings. The van der Waals surface area contributed by atoms with Crippen LogP contribution in [0.1, 0.15) is 11.3 Å². The highest BCUT2D eigenvalue weighted by Crippen LogP contribution is 2.33. The van der Waals surface area contributed by atoms with Crippen LogP contribution in [-0.2, 0) is 10.0 Å². The molecule has 2 heterocycles. The van der Waals surface area contributed by atoms with E-state index in [0.717, 1.165) is 15.1 Å². The normalized spacial score (nSPS) is 20.9. The Morgan fingerprint density at radius 2 is 2.28 bits per heavy atom. The summed E-state index contributed by atoms with van der Waals surface area (Å²) in [6.07, 6.45) is 0.861. The summed E-state index contributed by atoms with van der Waals surface area (Å²) in [7, 11) is -3.33. The van der Waals surface area contributed by atoms with E-state index in [2.05, 4.69) is 15.9 Å². The Hall–Kier alpha value is 0.340. The van der Waals surface area contributed by atoms with Crippen LogP contribution >= 0.6 is 39.7 Å². The largest absolute Gasteiger partial charge is 0.330 e. The molecule has 1 aliphatic heterocycles. The van der Waals surface area contributed by atoms with Crippen LogP contribution in [0.25, 0.3) is 0 Å². The third-order valence-corrected chi connectivity index (χ3v) is 6.72. The zero-order valence-electron chi connectivity index (χ0n) is 9.93. The van der Waals surface area contributed by atoms with Gasteiger partial charge in [-0.2, -0.15) is 4.31 Å². The lowest BCUT2D eigenvalue weighted by Gasteiger charge is -2.15. The lowest BCUT2D eigenvalue weighted by atomic mass is 10.1. The average molecular weight is 376 g/mol. The Kier molecular flexibility index (Phi) is 5.64. The Balaban J connectivity index is 0.00000162. The van der Waals surface area contributed by atoms with Crippen molar-refractivity contribution >= 4 is 49.7 Å². The predicted molar refractivity (Wildman–Crippen MR) is 79.9 cm³/mol. The van der Waals surface area contributed by atoms with E-state index in [0.29, 0.717) is 30.4 Å². The zero-order chi connectivity index (χ0) is 12.6. The maximum absolute atomic E-state index is 12.4. The summed E-state index contributed by atoms with van der Waals surface area (Å²) in [5, 5.41) is 0. The molecule has 4 nitrogen and oxygen atoms in total. The van der Waals surface area contributed by atoms with E-state index in [1.165, 1.54) is 11.3 Å². The van der Waals surface area contributed by atoms with Crippen LogP contribution in [0, 0.1) is 12.8 Å². The van der Waals surface area contributed by atoms with Crippen LogP contribution in [0.4, 0.5) is 0 Å². The molecule has 0 saturated carbocycles. The number of hydrogen-bond donors (Lipinski definition) is 1. The van der Waals surface area contributed by atoms with Gasteiger partial charge in [0.15, 0.2) is 0 Å². The van der Waals surface area contributed by atoms with Crippen molar-refractivity contribution in [2.75, 3.05) is 19.6 Å². The predicted octanol–water partition coefficient (Wildman–Crippen LogP) is 2.21. The number of hydrogen-bond acceptors (Lipinski definition) is 4. The first-order valence-corrected chi connectivity index (χ1v) is 8.46. The van der Waals surface area contributed by atoms with Crippen LogP contribution in [0.3, 0.4) is 0 Å². The highest BCUT2D eigenvalue weighted by molar-refractivity contribution is 9.11. The summed E-state index contributed by atoms with van der Waals surface area (Å²) in [4.78, 5) is 1.25. The molecule has 0 amide bonds. The van der Waals surface area contributed by atoms with Gasteiger partial charge in [0.05, 0.1) is 8.68 Å². The fourth-order valence-electron chi connectivity index (χ4n) is 2.03. The minimum absolute atomic E-state index is 0. The summed E-state index contributed by atoms with van der Waals surface area (Å²) in [6.45, 7) is 3.51. The van der Waals surface area contributed by atoms with Gasteiger partial charge in [-0.25, -0.2) is 8.42 Å². The number of halogens is 2. The topological polar surface area (TPSA) is 63.4 Å². The SMILES string of the molecule is Cc1sc(Br)cc1S(=O)(=O)N1CCC(CN)C1.Cl. The van der Waals surface area contributed by atoms with Crippen molar-refractivity contribution in [1.82, 2.24) is 4.31 Å². The van der Waals surface area contributed by atoms with Gasteiger partial charge in [0.2, 0.25) is 10.0 Å². The molecule has 1 aliphatic rings. The lowest BCUT2D eigenvalue weighted by Crippen LogP contribution is -2.30.